The summed E-state index contributed by atoms with van der Waals surface area (Å²) in [5.74, 6) is 1.08. The second-order valence-electron chi connectivity index (χ2n) is 3.94. The topological polar surface area (TPSA) is 51.1 Å². The van der Waals surface area contributed by atoms with Crippen LogP contribution >= 0.6 is 0 Å². The number of ether oxygens (including phenoxy) is 1. The maximum absolute atomic E-state index is 5.08. The van der Waals surface area contributed by atoms with E-state index in [-0.39, 0.29) is 0 Å². The van der Waals surface area contributed by atoms with Gasteiger partial charge < -0.3 is 15.4 Å². The van der Waals surface area contributed by atoms with Crippen LogP contribution in [-0.4, -0.2) is 36.1 Å². The number of rotatable bonds is 3. The van der Waals surface area contributed by atoms with Crippen molar-refractivity contribution < 1.29 is 4.74 Å². The number of anilines is 2. The molecule has 1 aliphatic rings. The Morgan fingerprint density at radius 3 is 3.13 bits per heavy atom. The average molecular weight is 210 g/mol. The number of aryl methyl sites for hydroxylation is 2. The normalized spacial score (nSPS) is 19.3. The number of hydrogen-bond acceptors (Lipinski definition) is 4. The van der Waals surface area contributed by atoms with Gasteiger partial charge in [-0.25, -0.2) is 0 Å². The molecule has 0 spiro atoms. The highest BCUT2D eigenvalue weighted by Gasteiger charge is 2.22. The molecule has 0 radical (unpaired) electrons. The van der Waals surface area contributed by atoms with Gasteiger partial charge in [0.25, 0.3) is 0 Å². The molecule has 15 heavy (non-hydrogen) atoms. The van der Waals surface area contributed by atoms with Crippen molar-refractivity contribution in [2.24, 2.45) is 7.05 Å². The van der Waals surface area contributed by atoms with Crippen molar-refractivity contribution in [1.82, 2.24) is 9.78 Å². The van der Waals surface area contributed by atoms with Crippen molar-refractivity contribution in [3.63, 3.8) is 0 Å². The van der Waals surface area contributed by atoms with Crippen molar-refractivity contribution in [1.29, 1.82) is 0 Å². The number of hydrogen-bond donors (Lipinski definition) is 2. The third-order valence-electron chi connectivity index (χ3n) is 2.76. The first-order chi connectivity index (χ1) is 7.22. The van der Waals surface area contributed by atoms with E-state index in [4.69, 9.17) is 4.74 Å². The van der Waals surface area contributed by atoms with Crippen molar-refractivity contribution in [3.8, 4) is 0 Å². The van der Waals surface area contributed by atoms with Crippen molar-refractivity contribution in [2.75, 3.05) is 30.9 Å². The Hall–Kier alpha value is -1.23. The zero-order valence-electron chi connectivity index (χ0n) is 9.50. The fourth-order valence-corrected chi connectivity index (χ4v) is 1.94. The summed E-state index contributed by atoms with van der Waals surface area (Å²) < 4.78 is 6.96. The van der Waals surface area contributed by atoms with Gasteiger partial charge >= 0.3 is 0 Å². The first kappa shape index (κ1) is 10.3. The monoisotopic (exact) mass is 210 g/mol. The fraction of sp³-hybridized carbons (Fsp3) is 0.700. The average Bonchev–Trinajstić information content (AvgIpc) is 2.52. The first-order valence-electron chi connectivity index (χ1n) is 5.25. The van der Waals surface area contributed by atoms with Crippen LogP contribution < -0.4 is 10.6 Å². The van der Waals surface area contributed by atoms with Crippen molar-refractivity contribution in [2.45, 2.75) is 19.4 Å². The molecule has 0 bridgehead atoms. The van der Waals surface area contributed by atoms with Crippen LogP contribution in [0.1, 0.15) is 12.1 Å². The summed E-state index contributed by atoms with van der Waals surface area (Å²) >= 11 is 0. The Kier molecular flexibility index (Phi) is 2.81. The molecule has 1 unspecified atom stereocenters. The van der Waals surface area contributed by atoms with Gasteiger partial charge in [-0.15, -0.1) is 0 Å². The maximum Gasteiger partial charge on any atom is 0.148 e. The second kappa shape index (κ2) is 4.10. The highest BCUT2D eigenvalue weighted by molar-refractivity contribution is 5.70. The molecule has 0 aliphatic carbocycles. The Balaban J connectivity index is 2.09. The van der Waals surface area contributed by atoms with E-state index in [1.54, 1.807) is 7.11 Å². The van der Waals surface area contributed by atoms with E-state index < -0.39 is 0 Å². The molecule has 5 nitrogen and oxygen atoms in total. The van der Waals surface area contributed by atoms with Gasteiger partial charge in [-0.05, 0) is 13.3 Å². The summed E-state index contributed by atoms with van der Waals surface area (Å²) in [6.07, 6.45) is 1.01. The largest absolute Gasteiger partial charge is 0.385 e. The Labute approximate surface area is 89.8 Å². The van der Waals surface area contributed by atoms with Gasteiger partial charge in [0.1, 0.15) is 11.5 Å². The summed E-state index contributed by atoms with van der Waals surface area (Å²) in [6.45, 7) is 3.73. The third kappa shape index (κ3) is 1.92. The molecular formula is C10H18N4O. The number of methoxy groups -OCH3 is 1. The number of nitrogens with one attached hydrogen (secondary N) is 2. The molecule has 1 aromatic rings. The van der Waals surface area contributed by atoms with Crippen LogP contribution in [0.25, 0.3) is 0 Å². The quantitative estimate of drug-likeness (QED) is 0.780. The predicted molar refractivity (Wildman–Crippen MR) is 60.3 cm³/mol. The molecule has 5 heteroatoms. The minimum absolute atomic E-state index is 0.423. The van der Waals surface area contributed by atoms with E-state index in [9.17, 15) is 0 Å². The van der Waals surface area contributed by atoms with E-state index in [0.29, 0.717) is 6.04 Å². The lowest BCUT2D eigenvalue weighted by Gasteiger charge is -2.26. The van der Waals surface area contributed by atoms with Gasteiger partial charge in [-0.3, -0.25) is 4.68 Å². The molecule has 84 valence electrons. The lowest BCUT2D eigenvalue weighted by Crippen LogP contribution is -2.34. The lowest BCUT2D eigenvalue weighted by atomic mass is 10.1. The van der Waals surface area contributed by atoms with Crippen LogP contribution in [0, 0.1) is 6.92 Å². The van der Waals surface area contributed by atoms with Crippen LogP contribution in [0.2, 0.25) is 0 Å². The number of fused-ring (bicyclic) bond motifs is 1. The molecule has 2 rings (SSSR count). The van der Waals surface area contributed by atoms with Gasteiger partial charge in [0.05, 0.1) is 5.69 Å². The van der Waals surface area contributed by atoms with Gasteiger partial charge in [0, 0.05) is 33.4 Å². The molecule has 1 aliphatic heterocycles. The van der Waals surface area contributed by atoms with E-state index in [0.717, 1.165) is 36.8 Å². The van der Waals surface area contributed by atoms with Gasteiger partial charge in [0.2, 0.25) is 0 Å². The minimum Gasteiger partial charge on any atom is -0.385 e. The minimum atomic E-state index is 0.423. The predicted octanol–water partition coefficient (Wildman–Crippen LogP) is 0.971. The van der Waals surface area contributed by atoms with Gasteiger partial charge in [0.15, 0.2) is 0 Å². The highest BCUT2D eigenvalue weighted by Crippen LogP contribution is 2.29. The number of aromatic nitrogens is 2. The summed E-state index contributed by atoms with van der Waals surface area (Å²) in [4.78, 5) is 0. The second-order valence-corrected chi connectivity index (χ2v) is 3.94. The molecule has 1 aromatic heterocycles. The highest BCUT2D eigenvalue weighted by atomic mass is 16.5. The Bertz CT molecular complexity index is 347. The summed E-state index contributed by atoms with van der Waals surface area (Å²) in [5.41, 5.74) is 2.18. The maximum atomic E-state index is 5.08. The van der Waals surface area contributed by atoms with Crippen LogP contribution in [0.3, 0.4) is 0 Å². The molecule has 0 saturated heterocycles. The van der Waals surface area contributed by atoms with Crippen LogP contribution in [0.15, 0.2) is 0 Å². The number of nitrogens with zero attached hydrogens (tertiary/aromatic N) is 2. The molecule has 0 fully saturated rings. The van der Waals surface area contributed by atoms with Gasteiger partial charge in [-0.2, -0.15) is 5.10 Å². The molecule has 0 aromatic carbocycles. The molecule has 2 heterocycles. The van der Waals surface area contributed by atoms with Crippen LogP contribution in [-0.2, 0) is 11.8 Å². The van der Waals surface area contributed by atoms with Crippen molar-refractivity contribution >= 4 is 11.5 Å². The van der Waals surface area contributed by atoms with E-state index in [1.807, 2.05) is 18.7 Å². The smallest absolute Gasteiger partial charge is 0.148 e. The molecular weight excluding hydrogens is 192 g/mol. The molecule has 0 amide bonds. The molecule has 2 N–H and O–H groups in total. The SMILES string of the molecule is COCCC1CNc2c(C)nn(C)c2N1. The third-order valence-corrected chi connectivity index (χ3v) is 2.76. The van der Waals surface area contributed by atoms with E-state index in [1.165, 1.54) is 0 Å². The van der Waals surface area contributed by atoms with Crippen LogP contribution in [0.4, 0.5) is 11.5 Å². The van der Waals surface area contributed by atoms with E-state index in [2.05, 4.69) is 15.7 Å². The fourth-order valence-electron chi connectivity index (χ4n) is 1.94. The summed E-state index contributed by atoms with van der Waals surface area (Å²) in [5, 5.41) is 11.3. The summed E-state index contributed by atoms with van der Waals surface area (Å²) in [6, 6.07) is 0.423. The first-order valence-corrected chi connectivity index (χ1v) is 5.25. The summed E-state index contributed by atoms with van der Waals surface area (Å²) in [7, 11) is 3.69. The van der Waals surface area contributed by atoms with E-state index >= 15 is 0 Å². The lowest BCUT2D eigenvalue weighted by molar-refractivity contribution is 0.190. The molecule has 1 atom stereocenters. The standard InChI is InChI=1S/C10H18N4O/c1-7-9-10(14(2)13-7)12-8(6-11-9)4-5-15-3/h8,11-12H,4-6H2,1-3H3. The molecule has 0 saturated carbocycles. The van der Waals surface area contributed by atoms with Crippen molar-refractivity contribution in [3.05, 3.63) is 5.69 Å². The van der Waals surface area contributed by atoms with Gasteiger partial charge in [-0.1, -0.05) is 0 Å². The Morgan fingerprint density at radius 2 is 2.40 bits per heavy atom. The zero-order chi connectivity index (χ0) is 10.8. The zero-order valence-corrected chi connectivity index (χ0v) is 9.50. The van der Waals surface area contributed by atoms with Crippen LogP contribution in [0.5, 0.6) is 0 Å². The Morgan fingerprint density at radius 1 is 1.60 bits per heavy atom.